The van der Waals surface area contributed by atoms with Gasteiger partial charge in [0.25, 0.3) is 0 Å². The van der Waals surface area contributed by atoms with Gasteiger partial charge in [-0.2, -0.15) is 0 Å². The van der Waals surface area contributed by atoms with Crippen LogP contribution in [0.15, 0.2) is 30.3 Å². The lowest BCUT2D eigenvalue weighted by molar-refractivity contribution is -0.125. The molecule has 1 aromatic rings. The maximum Gasteiger partial charge on any atom is 0.215 e. The van der Waals surface area contributed by atoms with Crippen LogP contribution in [0.3, 0.4) is 0 Å². The Morgan fingerprint density at radius 1 is 1.20 bits per heavy atom. The highest BCUT2D eigenvalue weighted by Crippen LogP contribution is 2.42. The Balaban J connectivity index is 2.23. The third kappa shape index (κ3) is 2.83. The summed E-state index contributed by atoms with van der Waals surface area (Å²) >= 11 is 0. The second kappa shape index (κ2) is 5.36. The number of carbonyl (C=O) groups excluding carboxylic acids is 1. The predicted molar refractivity (Wildman–Crippen MR) is 87.2 cm³/mol. The Morgan fingerprint density at radius 3 is 2.35 bits per heavy atom. The second-order valence-electron chi connectivity index (χ2n) is 7.45. The van der Waals surface area contributed by atoms with Crippen LogP contribution >= 0.6 is 0 Å². The van der Waals surface area contributed by atoms with E-state index in [0.717, 1.165) is 19.3 Å². The molecule has 1 amide bonds. The Morgan fingerprint density at radius 2 is 1.80 bits per heavy atom. The fraction of sp³-hybridized carbons (Fsp3) is 0.588. The van der Waals surface area contributed by atoms with Crippen LogP contribution < -0.4 is 0 Å². The van der Waals surface area contributed by atoms with Crippen LogP contribution in [0.1, 0.15) is 39.2 Å². The summed E-state index contributed by atoms with van der Waals surface area (Å²) in [5.41, 5.74) is 1.34. The lowest BCUT2D eigenvalue weighted by Crippen LogP contribution is -2.58. The summed E-state index contributed by atoms with van der Waals surface area (Å²) in [5, 5.41) is 0.210. The average Bonchev–Trinajstić information content (AvgIpc) is 2.71. The van der Waals surface area contributed by atoms with Gasteiger partial charge in [0.2, 0.25) is 5.91 Å². The molecule has 0 radical (unpaired) electrons. The molecule has 2 rings (SSSR count). The number of amides is 1. The minimum atomic E-state index is -1.77. The zero-order valence-electron chi connectivity index (χ0n) is 13.4. The van der Waals surface area contributed by atoms with Gasteiger partial charge >= 0.3 is 0 Å². The molecule has 1 fully saturated rings. The van der Waals surface area contributed by atoms with Crippen LogP contribution in [0.4, 0.5) is 0 Å². The van der Waals surface area contributed by atoms with Crippen molar-refractivity contribution in [3.63, 3.8) is 0 Å². The Bertz CT molecular complexity index is 476. The van der Waals surface area contributed by atoms with Gasteiger partial charge in [0.15, 0.2) is 8.24 Å². The molecule has 0 spiro atoms. The second-order valence-corrected chi connectivity index (χ2v) is 12.6. The molecule has 1 aromatic carbocycles. The molecule has 1 aliphatic rings. The zero-order valence-corrected chi connectivity index (χ0v) is 14.4. The molecule has 1 heterocycles. The summed E-state index contributed by atoms with van der Waals surface area (Å²) in [6.07, 6.45) is 2.74. The molecule has 3 heteroatoms. The highest BCUT2D eigenvalue weighted by Gasteiger charge is 2.48. The highest BCUT2D eigenvalue weighted by molar-refractivity contribution is 6.79. The van der Waals surface area contributed by atoms with E-state index in [-0.39, 0.29) is 5.04 Å². The number of nitrogens with zero attached hydrogens (tertiary/aromatic N) is 1. The summed E-state index contributed by atoms with van der Waals surface area (Å²) in [4.78, 5) is 12.4. The van der Waals surface area contributed by atoms with E-state index < -0.39 is 8.24 Å². The lowest BCUT2D eigenvalue weighted by Gasteiger charge is -2.47. The largest absolute Gasteiger partial charge is 0.366 e. The van der Waals surface area contributed by atoms with E-state index in [0.29, 0.717) is 11.9 Å². The monoisotopic (exact) mass is 289 g/mol. The highest BCUT2D eigenvalue weighted by atomic mass is 28.3. The van der Waals surface area contributed by atoms with Gasteiger partial charge in [-0.25, -0.2) is 0 Å². The minimum absolute atomic E-state index is 0.210. The van der Waals surface area contributed by atoms with Crippen molar-refractivity contribution in [2.75, 3.05) is 0 Å². The maximum atomic E-state index is 12.4. The normalized spacial score (nSPS) is 20.6. The van der Waals surface area contributed by atoms with Crippen LogP contribution in [0, 0.1) is 0 Å². The maximum absolute atomic E-state index is 12.4. The number of benzene rings is 1. The third-order valence-corrected chi connectivity index (χ3v) is 10.6. The molecule has 1 unspecified atom stereocenters. The van der Waals surface area contributed by atoms with Crippen LogP contribution in [0.5, 0.6) is 0 Å². The van der Waals surface area contributed by atoms with E-state index in [4.69, 9.17) is 0 Å². The standard InChI is InChI=1S/C17H27NOSi/c1-17(2,3)20(4,5)18-15(11-12-16(18)19)13-14-9-7-6-8-10-14/h6-10,15H,11-13H2,1-5H3. The van der Waals surface area contributed by atoms with E-state index in [2.05, 4.69) is 68.8 Å². The lowest BCUT2D eigenvalue weighted by atomic mass is 10.1. The Labute approximate surface area is 124 Å². The van der Waals surface area contributed by atoms with E-state index in [1.165, 1.54) is 5.56 Å². The first-order chi connectivity index (χ1) is 9.23. The van der Waals surface area contributed by atoms with Crippen molar-refractivity contribution in [2.45, 2.75) is 64.2 Å². The van der Waals surface area contributed by atoms with Crippen molar-refractivity contribution in [2.24, 2.45) is 0 Å². The minimum Gasteiger partial charge on any atom is -0.366 e. The van der Waals surface area contributed by atoms with Crippen LogP contribution in [-0.2, 0) is 11.2 Å². The van der Waals surface area contributed by atoms with Crippen molar-refractivity contribution < 1.29 is 4.79 Å². The number of carbonyl (C=O) groups is 1. The van der Waals surface area contributed by atoms with Crippen molar-refractivity contribution in [3.8, 4) is 0 Å². The van der Waals surface area contributed by atoms with E-state index in [1.807, 2.05) is 0 Å². The molecule has 1 aliphatic heterocycles. The quantitative estimate of drug-likeness (QED) is 0.763. The Kier molecular flexibility index (Phi) is 4.10. The Hall–Kier alpha value is -1.09. The summed E-state index contributed by atoms with van der Waals surface area (Å²) in [6, 6.07) is 11.0. The number of rotatable bonds is 3. The van der Waals surface area contributed by atoms with E-state index in [9.17, 15) is 4.79 Å². The van der Waals surface area contributed by atoms with Gasteiger partial charge in [0.1, 0.15) is 0 Å². The molecule has 0 N–H and O–H groups in total. The summed E-state index contributed by atoms with van der Waals surface area (Å²) in [7, 11) is -1.77. The third-order valence-electron chi connectivity index (χ3n) is 5.08. The van der Waals surface area contributed by atoms with Gasteiger partial charge in [-0.3, -0.25) is 4.79 Å². The van der Waals surface area contributed by atoms with Gasteiger partial charge in [-0.15, -0.1) is 0 Å². The van der Waals surface area contributed by atoms with E-state index in [1.54, 1.807) is 0 Å². The first kappa shape index (κ1) is 15.3. The van der Waals surface area contributed by atoms with Crippen LogP contribution in [-0.4, -0.2) is 24.7 Å². The SMILES string of the molecule is CC(C)(C)[Si](C)(C)N1C(=O)CCC1Cc1ccccc1. The molecule has 0 bridgehead atoms. The molecule has 1 atom stereocenters. The molecule has 0 aliphatic carbocycles. The summed E-state index contributed by atoms with van der Waals surface area (Å²) in [6.45, 7) is 11.5. The average molecular weight is 289 g/mol. The van der Waals surface area contributed by atoms with Gasteiger partial charge in [0.05, 0.1) is 0 Å². The first-order valence-corrected chi connectivity index (χ1v) is 10.5. The zero-order chi connectivity index (χ0) is 15.0. The molecule has 20 heavy (non-hydrogen) atoms. The van der Waals surface area contributed by atoms with Gasteiger partial charge < -0.3 is 4.57 Å². The summed E-state index contributed by atoms with van der Waals surface area (Å²) < 4.78 is 2.29. The fourth-order valence-corrected chi connectivity index (χ4v) is 5.54. The van der Waals surface area contributed by atoms with Crippen molar-refractivity contribution >= 4 is 14.1 Å². The smallest absolute Gasteiger partial charge is 0.215 e. The molecular formula is C17H27NOSi. The number of hydrogen-bond donors (Lipinski definition) is 0. The van der Waals surface area contributed by atoms with Crippen molar-refractivity contribution in [1.82, 2.24) is 4.57 Å². The first-order valence-electron chi connectivity index (χ1n) is 7.59. The van der Waals surface area contributed by atoms with E-state index >= 15 is 0 Å². The molecule has 2 nitrogen and oxygen atoms in total. The predicted octanol–water partition coefficient (Wildman–Crippen LogP) is 4.23. The van der Waals surface area contributed by atoms with Crippen molar-refractivity contribution in [3.05, 3.63) is 35.9 Å². The molecule has 0 aromatic heterocycles. The molecule has 1 saturated heterocycles. The topological polar surface area (TPSA) is 20.3 Å². The summed E-state index contributed by atoms with van der Waals surface area (Å²) in [5.74, 6) is 0.373. The molecule has 110 valence electrons. The van der Waals surface area contributed by atoms with Gasteiger partial charge in [0, 0.05) is 12.5 Å². The molecular weight excluding hydrogens is 262 g/mol. The van der Waals surface area contributed by atoms with Crippen LogP contribution in [0.2, 0.25) is 18.1 Å². The molecule has 0 saturated carbocycles. The van der Waals surface area contributed by atoms with Gasteiger partial charge in [-0.1, -0.05) is 64.2 Å². The van der Waals surface area contributed by atoms with Crippen LogP contribution in [0.25, 0.3) is 0 Å². The number of hydrogen-bond acceptors (Lipinski definition) is 1. The fourth-order valence-electron chi connectivity index (χ4n) is 2.95. The van der Waals surface area contributed by atoms with Crippen molar-refractivity contribution in [1.29, 1.82) is 0 Å². The van der Waals surface area contributed by atoms with Gasteiger partial charge in [-0.05, 0) is 23.4 Å².